The summed E-state index contributed by atoms with van der Waals surface area (Å²) < 4.78 is 45.9. The van der Waals surface area contributed by atoms with E-state index in [9.17, 15) is 18.0 Å². The average molecular weight is 566 g/mol. The van der Waals surface area contributed by atoms with Crippen molar-refractivity contribution in [2.24, 2.45) is 0 Å². The minimum absolute atomic E-state index is 0.0589. The van der Waals surface area contributed by atoms with Gasteiger partial charge in [0.05, 0.1) is 23.1 Å². The van der Waals surface area contributed by atoms with Gasteiger partial charge >= 0.3 is 5.97 Å². The third-order valence-electron chi connectivity index (χ3n) is 6.68. The zero-order chi connectivity index (χ0) is 28.6. The number of aromatic nitrogens is 1. The summed E-state index contributed by atoms with van der Waals surface area (Å²) in [6.07, 6.45) is 0. The van der Waals surface area contributed by atoms with E-state index in [0.717, 1.165) is 9.54 Å². The van der Waals surface area contributed by atoms with Crippen molar-refractivity contribution >= 4 is 43.6 Å². The average Bonchev–Trinajstić information content (AvgIpc) is 3.60. The Morgan fingerprint density at radius 2 is 1.51 bits per heavy atom. The molecule has 0 spiro atoms. The van der Waals surface area contributed by atoms with Gasteiger partial charge in [-0.05, 0) is 48.0 Å². The summed E-state index contributed by atoms with van der Waals surface area (Å²) >= 11 is 0. The number of methoxy groups -OCH3 is 1. The van der Waals surface area contributed by atoms with Crippen molar-refractivity contribution < 1.29 is 31.9 Å². The third-order valence-corrected chi connectivity index (χ3v) is 8.41. The molecule has 0 atom stereocenters. The van der Waals surface area contributed by atoms with Crippen molar-refractivity contribution in [1.82, 2.24) is 3.97 Å². The number of para-hydroxylation sites is 1. The number of benzene rings is 4. The van der Waals surface area contributed by atoms with Gasteiger partial charge in [0.1, 0.15) is 23.6 Å². The lowest BCUT2D eigenvalue weighted by Crippen LogP contribution is -2.21. The van der Waals surface area contributed by atoms with E-state index in [1.54, 1.807) is 48.5 Å². The van der Waals surface area contributed by atoms with E-state index < -0.39 is 27.5 Å². The van der Waals surface area contributed by atoms with Crippen LogP contribution in [-0.2, 0) is 21.4 Å². The first kappa shape index (κ1) is 26.1. The molecular formula is C32H23NO7S. The monoisotopic (exact) mass is 565 g/mol. The second-order valence-corrected chi connectivity index (χ2v) is 11.0. The van der Waals surface area contributed by atoms with Crippen LogP contribution in [0.3, 0.4) is 0 Å². The summed E-state index contributed by atoms with van der Waals surface area (Å²) in [5.74, 6) is -1.41. The lowest BCUT2D eigenvalue weighted by Gasteiger charge is -2.12. The van der Waals surface area contributed by atoms with Crippen LogP contribution in [0.1, 0.15) is 32.2 Å². The van der Waals surface area contributed by atoms with E-state index in [1.807, 2.05) is 30.3 Å². The quantitative estimate of drug-likeness (QED) is 0.159. The molecule has 0 aliphatic heterocycles. The Morgan fingerprint density at radius 1 is 0.829 bits per heavy atom. The molecule has 6 rings (SSSR count). The van der Waals surface area contributed by atoms with Crippen LogP contribution in [0.5, 0.6) is 5.75 Å². The van der Waals surface area contributed by atoms with Gasteiger partial charge in [-0.2, -0.15) is 0 Å². The lowest BCUT2D eigenvalue weighted by atomic mass is 10.1. The Hall–Kier alpha value is -5.15. The van der Waals surface area contributed by atoms with Gasteiger partial charge in [-0.3, -0.25) is 4.79 Å². The first-order chi connectivity index (χ1) is 19.9. The molecule has 8 nitrogen and oxygen atoms in total. The highest BCUT2D eigenvalue weighted by atomic mass is 32.2. The van der Waals surface area contributed by atoms with Crippen LogP contribution in [0.15, 0.2) is 119 Å². The van der Waals surface area contributed by atoms with Gasteiger partial charge in [-0.15, -0.1) is 0 Å². The number of carbonyl (C=O) groups is 2. The van der Waals surface area contributed by atoms with Crippen LogP contribution in [0.4, 0.5) is 0 Å². The molecule has 0 radical (unpaired) electrons. The number of esters is 1. The molecule has 0 saturated carbocycles. The van der Waals surface area contributed by atoms with Crippen LogP contribution in [0.25, 0.3) is 21.9 Å². The molecule has 0 amide bonds. The molecule has 2 aromatic heterocycles. The summed E-state index contributed by atoms with van der Waals surface area (Å²) in [6, 6.07) is 30.4. The predicted molar refractivity (Wildman–Crippen MR) is 153 cm³/mol. The molecule has 4 aromatic carbocycles. The number of ether oxygens (including phenoxy) is 2. The number of nitrogens with zero attached hydrogens (tertiary/aromatic N) is 1. The second kappa shape index (κ2) is 10.4. The van der Waals surface area contributed by atoms with Gasteiger partial charge in [-0.25, -0.2) is 17.2 Å². The normalized spacial score (nSPS) is 11.5. The molecule has 41 heavy (non-hydrogen) atoms. The minimum Gasteiger partial charge on any atom is -0.489 e. The van der Waals surface area contributed by atoms with E-state index in [4.69, 9.17) is 13.9 Å². The zero-order valence-corrected chi connectivity index (χ0v) is 22.6. The van der Waals surface area contributed by atoms with Crippen LogP contribution in [0, 0.1) is 0 Å². The summed E-state index contributed by atoms with van der Waals surface area (Å²) in [7, 11) is -3.19. The van der Waals surface area contributed by atoms with Crippen molar-refractivity contribution in [3.8, 4) is 5.75 Å². The summed E-state index contributed by atoms with van der Waals surface area (Å²) in [5, 5.41) is 0.835. The fourth-order valence-corrected chi connectivity index (χ4v) is 6.29. The fourth-order valence-electron chi connectivity index (χ4n) is 4.75. The van der Waals surface area contributed by atoms with Crippen LogP contribution < -0.4 is 4.74 Å². The van der Waals surface area contributed by atoms with Crippen LogP contribution in [0.2, 0.25) is 0 Å². The van der Waals surface area contributed by atoms with Crippen molar-refractivity contribution in [1.29, 1.82) is 0 Å². The molecule has 2 heterocycles. The zero-order valence-electron chi connectivity index (χ0n) is 21.8. The van der Waals surface area contributed by atoms with Gasteiger partial charge in [0.25, 0.3) is 10.0 Å². The number of hydrogen-bond acceptors (Lipinski definition) is 7. The van der Waals surface area contributed by atoms with Crippen molar-refractivity contribution in [3.05, 3.63) is 132 Å². The van der Waals surface area contributed by atoms with E-state index in [0.29, 0.717) is 16.7 Å². The van der Waals surface area contributed by atoms with Crippen LogP contribution in [-0.4, -0.2) is 31.3 Å². The minimum atomic E-state index is -4.36. The number of rotatable bonds is 8. The Bertz CT molecular complexity index is 1990. The number of furan rings is 1. The highest BCUT2D eigenvalue weighted by Crippen LogP contribution is 2.35. The molecule has 0 saturated heterocycles. The smallest absolute Gasteiger partial charge is 0.340 e. The van der Waals surface area contributed by atoms with E-state index in [-0.39, 0.29) is 33.7 Å². The summed E-state index contributed by atoms with van der Waals surface area (Å²) in [6.45, 7) is 0.244. The van der Waals surface area contributed by atoms with Gasteiger partial charge in [0.15, 0.2) is 5.76 Å². The Morgan fingerprint density at radius 3 is 2.22 bits per heavy atom. The largest absolute Gasteiger partial charge is 0.489 e. The molecule has 0 unspecified atom stereocenters. The van der Waals surface area contributed by atoms with Crippen molar-refractivity contribution in [2.45, 2.75) is 11.5 Å². The van der Waals surface area contributed by atoms with Crippen LogP contribution >= 0.6 is 0 Å². The molecule has 0 bridgehead atoms. The van der Waals surface area contributed by atoms with Crippen molar-refractivity contribution in [3.63, 3.8) is 0 Å². The fraction of sp³-hybridized carbons (Fsp3) is 0.0625. The number of fused-ring (bicyclic) bond motifs is 2. The van der Waals surface area contributed by atoms with Crippen molar-refractivity contribution in [2.75, 3.05) is 7.11 Å². The Kier molecular flexibility index (Phi) is 6.64. The number of hydrogen-bond donors (Lipinski definition) is 0. The molecule has 6 aromatic rings. The molecule has 0 aliphatic carbocycles. The lowest BCUT2D eigenvalue weighted by molar-refractivity contribution is 0.0599. The predicted octanol–water partition coefficient (Wildman–Crippen LogP) is 6.22. The first-order valence-corrected chi connectivity index (χ1v) is 14.1. The SMILES string of the molecule is COC(=O)c1c(C(=O)c2cc3ccccc3o2)n(S(=O)(=O)c2ccccc2)c2ccc(OCc3ccccc3)cc12. The third kappa shape index (κ3) is 4.66. The molecule has 9 heteroatoms. The molecule has 204 valence electrons. The highest BCUT2D eigenvalue weighted by molar-refractivity contribution is 7.90. The maximum Gasteiger partial charge on any atom is 0.340 e. The Labute approximate surface area is 235 Å². The van der Waals surface area contributed by atoms with E-state index in [1.165, 1.54) is 37.4 Å². The second-order valence-electron chi connectivity index (χ2n) is 9.23. The summed E-state index contributed by atoms with van der Waals surface area (Å²) in [4.78, 5) is 27.3. The highest BCUT2D eigenvalue weighted by Gasteiger charge is 2.35. The Balaban J connectivity index is 1.60. The standard InChI is InChI=1S/C32H23NO7S/c1-38-32(35)29-25-19-23(39-20-21-10-4-2-5-11-21)16-17-26(25)33(41(36,37)24-13-6-3-7-14-24)30(29)31(34)28-18-22-12-8-9-15-27(22)40-28/h2-19H,20H2,1H3. The van der Waals surface area contributed by atoms with E-state index >= 15 is 0 Å². The van der Waals surface area contributed by atoms with E-state index in [2.05, 4.69) is 0 Å². The molecule has 0 aliphatic rings. The maximum atomic E-state index is 14.1. The molecular weight excluding hydrogens is 542 g/mol. The molecule has 0 fully saturated rings. The first-order valence-electron chi connectivity index (χ1n) is 12.7. The van der Waals surface area contributed by atoms with Gasteiger partial charge in [0.2, 0.25) is 5.78 Å². The number of ketones is 1. The maximum absolute atomic E-state index is 14.1. The van der Waals surface area contributed by atoms with Gasteiger partial charge in [-0.1, -0.05) is 66.7 Å². The number of carbonyl (C=O) groups excluding carboxylic acids is 2. The van der Waals surface area contributed by atoms with Gasteiger partial charge in [0, 0.05) is 10.8 Å². The topological polar surface area (TPSA) is 105 Å². The van der Waals surface area contributed by atoms with Gasteiger partial charge < -0.3 is 13.9 Å². The summed E-state index contributed by atoms with van der Waals surface area (Å²) in [5.41, 5.74) is 0.875. The molecule has 0 N–H and O–H groups in total.